The predicted octanol–water partition coefficient (Wildman–Crippen LogP) is 2.09. The summed E-state index contributed by atoms with van der Waals surface area (Å²) in [5.74, 6) is 0.858. The number of tetrazole rings is 1. The van der Waals surface area contributed by atoms with E-state index in [9.17, 15) is 0 Å². The predicted molar refractivity (Wildman–Crippen MR) is 82.6 cm³/mol. The zero-order chi connectivity index (χ0) is 14.0. The number of aromatic nitrogens is 4. The minimum absolute atomic E-state index is 0.797. The van der Waals surface area contributed by atoms with E-state index in [0.717, 1.165) is 30.5 Å². The Morgan fingerprint density at radius 3 is 2.95 bits per heavy atom. The van der Waals surface area contributed by atoms with Gasteiger partial charge in [-0.1, -0.05) is 61.2 Å². The molecule has 0 saturated heterocycles. The van der Waals surface area contributed by atoms with Crippen LogP contribution in [0.2, 0.25) is 0 Å². The molecule has 106 valence electrons. The van der Waals surface area contributed by atoms with Crippen LogP contribution in [0.1, 0.15) is 12.5 Å². The smallest absolute Gasteiger partial charge is 0.209 e. The highest BCUT2D eigenvalue weighted by molar-refractivity contribution is 7.99. The maximum absolute atomic E-state index is 4.04. The fourth-order valence-corrected chi connectivity index (χ4v) is 2.39. The molecule has 1 aromatic heterocycles. The third-order valence-corrected chi connectivity index (χ3v) is 3.58. The van der Waals surface area contributed by atoms with Crippen molar-refractivity contribution in [3.63, 3.8) is 0 Å². The van der Waals surface area contributed by atoms with E-state index in [2.05, 4.69) is 52.1 Å². The second kappa shape index (κ2) is 8.50. The number of hydrogen-bond donors (Lipinski definition) is 1. The summed E-state index contributed by atoms with van der Waals surface area (Å²) in [5, 5.41) is 15.9. The highest BCUT2D eigenvalue weighted by Gasteiger charge is 2.04. The molecule has 20 heavy (non-hydrogen) atoms. The van der Waals surface area contributed by atoms with E-state index in [1.807, 2.05) is 22.9 Å². The second-order valence-electron chi connectivity index (χ2n) is 4.16. The molecule has 0 amide bonds. The van der Waals surface area contributed by atoms with Crippen LogP contribution >= 0.6 is 11.8 Å². The van der Waals surface area contributed by atoms with Gasteiger partial charge in [0.05, 0.1) is 6.54 Å². The Hall–Kier alpha value is -1.66. The van der Waals surface area contributed by atoms with Crippen molar-refractivity contribution in [2.45, 2.75) is 18.6 Å². The van der Waals surface area contributed by atoms with E-state index < -0.39 is 0 Å². The number of nitrogens with zero attached hydrogens (tertiary/aromatic N) is 4. The molecular formula is C14H19N5S. The monoisotopic (exact) mass is 289 g/mol. The molecule has 6 heteroatoms. The summed E-state index contributed by atoms with van der Waals surface area (Å²) in [6.07, 6.45) is 4.24. The van der Waals surface area contributed by atoms with Crippen molar-refractivity contribution in [1.29, 1.82) is 0 Å². The Bertz CT molecular complexity index is 523. The van der Waals surface area contributed by atoms with Gasteiger partial charge in [-0.05, 0) is 22.5 Å². The summed E-state index contributed by atoms with van der Waals surface area (Å²) < 4.78 is 1.84. The van der Waals surface area contributed by atoms with Gasteiger partial charge in [0.1, 0.15) is 0 Å². The lowest BCUT2D eigenvalue weighted by Gasteiger charge is -2.03. The van der Waals surface area contributed by atoms with Gasteiger partial charge in [-0.3, -0.25) is 0 Å². The molecule has 2 rings (SSSR count). The number of benzene rings is 1. The van der Waals surface area contributed by atoms with Gasteiger partial charge in [0.2, 0.25) is 5.16 Å². The zero-order valence-corrected chi connectivity index (χ0v) is 12.4. The third-order valence-electron chi connectivity index (χ3n) is 2.67. The summed E-state index contributed by atoms with van der Waals surface area (Å²) in [7, 11) is 0. The van der Waals surface area contributed by atoms with Crippen LogP contribution in [0.15, 0.2) is 41.6 Å². The first kappa shape index (κ1) is 14.7. The molecule has 0 unspecified atom stereocenters. The molecule has 1 N–H and O–H groups in total. The normalized spacial score (nSPS) is 11.2. The van der Waals surface area contributed by atoms with Crippen LogP contribution in [0.25, 0.3) is 6.08 Å². The quantitative estimate of drug-likeness (QED) is 0.596. The van der Waals surface area contributed by atoms with Crippen LogP contribution < -0.4 is 5.32 Å². The molecule has 1 aromatic carbocycles. The van der Waals surface area contributed by atoms with Gasteiger partial charge in [0.25, 0.3) is 0 Å². The summed E-state index contributed by atoms with van der Waals surface area (Å²) in [5.41, 5.74) is 1.21. The van der Waals surface area contributed by atoms with Crippen molar-refractivity contribution in [2.24, 2.45) is 0 Å². The SMILES string of the molecule is CCNCCn1nnnc1SCC=Cc1ccccc1. The van der Waals surface area contributed by atoms with Crippen LogP contribution in [0, 0.1) is 0 Å². The highest BCUT2D eigenvalue weighted by Crippen LogP contribution is 2.14. The van der Waals surface area contributed by atoms with Crippen LogP contribution in [0.4, 0.5) is 0 Å². The maximum atomic E-state index is 4.04. The molecule has 0 radical (unpaired) electrons. The molecule has 5 nitrogen and oxygen atoms in total. The zero-order valence-electron chi connectivity index (χ0n) is 11.6. The first-order chi connectivity index (χ1) is 9.90. The van der Waals surface area contributed by atoms with Gasteiger partial charge < -0.3 is 5.32 Å². The molecule has 0 aliphatic heterocycles. The first-order valence-corrected chi connectivity index (χ1v) is 7.70. The van der Waals surface area contributed by atoms with Gasteiger partial charge in [-0.25, -0.2) is 4.68 Å². The lowest BCUT2D eigenvalue weighted by Crippen LogP contribution is -2.20. The molecule has 0 bridgehead atoms. The van der Waals surface area contributed by atoms with Crippen molar-refractivity contribution in [1.82, 2.24) is 25.5 Å². The molecule has 0 spiro atoms. The average Bonchev–Trinajstić information content (AvgIpc) is 2.93. The Balaban J connectivity index is 1.79. The van der Waals surface area contributed by atoms with E-state index in [1.54, 1.807) is 11.8 Å². The van der Waals surface area contributed by atoms with Crippen molar-refractivity contribution in [3.8, 4) is 0 Å². The largest absolute Gasteiger partial charge is 0.315 e. The van der Waals surface area contributed by atoms with Gasteiger partial charge in [-0.2, -0.15) is 0 Å². The summed E-state index contributed by atoms with van der Waals surface area (Å²) in [6, 6.07) is 10.3. The van der Waals surface area contributed by atoms with E-state index in [4.69, 9.17) is 0 Å². The maximum Gasteiger partial charge on any atom is 0.209 e. The van der Waals surface area contributed by atoms with Crippen LogP contribution in [0.5, 0.6) is 0 Å². The van der Waals surface area contributed by atoms with Crippen molar-refractivity contribution in [2.75, 3.05) is 18.8 Å². The Labute approximate surface area is 123 Å². The Morgan fingerprint density at radius 1 is 1.30 bits per heavy atom. The van der Waals surface area contributed by atoms with Crippen molar-refractivity contribution in [3.05, 3.63) is 42.0 Å². The van der Waals surface area contributed by atoms with Gasteiger partial charge >= 0.3 is 0 Å². The lowest BCUT2D eigenvalue weighted by atomic mass is 10.2. The van der Waals surface area contributed by atoms with E-state index in [1.165, 1.54) is 5.56 Å². The number of rotatable bonds is 8. The van der Waals surface area contributed by atoms with Crippen LogP contribution in [-0.2, 0) is 6.54 Å². The summed E-state index contributed by atoms with van der Waals surface area (Å²) in [6.45, 7) is 4.73. The van der Waals surface area contributed by atoms with Crippen molar-refractivity contribution < 1.29 is 0 Å². The van der Waals surface area contributed by atoms with E-state index >= 15 is 0 Å². The Morgan fingerprint density at radius 2 is 2.15 bits per heavy atom. The van der Waals surface area contributed by atoms with Crippen LogP contribution in [0.3, 0.4) is 0 Å². The first-order valence-electron chi connectivity index (χ1n) is 6.71. The van der Waals surface area contributed by atoms with Crippen LogP contribution in [-0.4, -0.2) is 39.0 Å². The minimum Gasteiger partial charge on any atom is -0.315 e. The highest BCUT2D eigenvalue weighted by atomic mass is 32.2. The molecule has 2 aromatic rings. The fourth-order valence-electron chi connectivity index (χ4n) is 1.67. The molecule has 0 aliphatic rings. The van der Waals surface area contributed by atoms with Crippen molar-refractivity contribution >= 4 is 17.8 Å². The van der Waals surface area contributed by atoms with Gasteiger partial charge in [-0.15, -0.1) is 5.10 Å². The molecular weight excluding hydrogens is 270 g/mol. The van der Waals surface area contributed by atoms with E-state index in [0.29, 0.717) is 0 Å². The lowest BCUT2D eigenvalue weighted by molar-refractivity contribution is 0.518. The topological polar surface area (TPSA) is 55.6 Å². The number of thioether (sulfide) groups is 1. The molecule has 0 fully saturated rings. The number of hydrogen-bond acceptors (Lipinski definition) is 5. The van der Waals surface area contributed by atoms with Gasteiger partial charge in [0, 0.05) is 12.3 Å². The third kappa shape index (κ3) is 4.79. The fraction of sp³-hybridized carbons (Fsp3) is 0.357. The molecule has 0 aliphatic carbocycles. The van der Waals surface area contributed by atoms with Gasteiger partial charge in [0.15, 0.2) is 0 Å². The molecule has 0 atom stereocenters. The standard InChI is InChI=1S/C14H19N5S/c1-2-15-10-11-19-14(16-17-18-19)20-12-6-9-13-7-4-3-5-8-13/h3-9,15H,2,10-12H2,1H3. The molecule has 0 saturated carbocycles. The summed E-state index contributed by atoms with van der Waals surface area (Å²) >= 11 is 1.64. The second-order valence-corrected chi connectivity index (χ2v) is 5.15. The van der Waals surface area contributed by atoms with E-state index in [-0.39, 0.29) is 0 Å². The number of likely N-dealkylation sites (N-methyl/N-ethyl adjacent to an activating group) is 1. The Kier molecular flexibility index (Phi) is 6.26. The number of nitrogens with one attached hydrogen (secondary N) is 1. The summed E-state index contributed by atoms with van der Waals surface area (Å²) in [4.78, 5) is 0. The molecule has 1 heterocycles. The average molecular weight is 289 g/mol. The minimum atomic E-state index is 0.797.